The fourth-order valence-corrected chi connectivity index (χ4v) is 3.03. The number of hydrogen-bond donors (Lipinski definition) is 1. The third kappa shape index (κ3) is 3.66. The maximum atomic E-state index is 12.7. The van der Waals surface area contributed by atoms with Gasteiger partial charge in [0.1, 0.15) is 11.4 Å². The lowest BCUT2D eigenvalue weighted by atomic mass is 10.1. The fraction of sp³-hybridized carbons (Fsp3) is 0.368. The van der Waals surface area contributed by atoms with Crippen LogP contribution in [0.5, 0.6) is 0 Å². The van der Waals surface area contributed by atoms with E-state index in [1.54, 1.807) is 12.3 Å². The molecule has 3 aromatic rings. The maximum absolute atomic E-state index is 12.7. The van der Waals surface area contributed by atoms with Gasteiger partial charge in [-0.2, -0.15) is 18.3 Å². The van der Waals surface area contributed by atoms with Crippen LogP contribution in [0.15, 0.2) is 36.5 Å². The van der Waals surface area contributed by atoms with E-state index in [9.17, 15) is 13.2 Å². The summed E-state index contributed by atoms with van der Waals surface area (Å²) in [6.07, 6.45) is -1.77. The first-order valence-corrected chi connectivity index (χ1v) is 8.57. The molecule has 0 bridgehead atoms. The lowest BCUT2D eigenvalue weighted by molar-refractivity contribution is -0.141. The molecule has 0 amide bonds. The SMILES string of the molecule is CCn1c(CC(C)C)ccc1-c1ccc(-c2cc(C(F)(F)F)[nH]n2)nc1. The van der Waals surface area contributed by atoms with Gasteiger partial charge in [-0.25, -0.2) is 0 Å². The number of rotatable bonds is 5. The zero-order valence-electron chi connectivity index (χ0n) is 14.9. The van der Waals surface area contributed by atoms with Crippen LogP contribution in [0.25, 0.3) is 22.6 Å². The predicted octanol–water partition coefficient (Wildman–Crippen LogP) is 5.18. The standard InChI is InChI=1S/C19H21F3N4/c1-4-26-14(9-12(2)3)6-8-17(26)13-5-7-15(23-11-13)16-10-18(25-24-16)19(20,21)22/h5-8,10-12H,4,9H2,1-3H3,(H,24,25). The molecule has 3 rings (SSSR count). The second kappa shape index (κ2) is 6.97. The number of aromatic amines is 1. The Morgan fingerprint density at radius 3 is 2.42 bits per heavy atom. The first-order chi connectivity index (χ1) is 12.3. The summed E-state index contributed by atoms with van der Waals surface area (Å²) >= 11 is 0. The summed E-state index contributed by atoms with van der Waals surface area (Å²) in [5.74, 6) is 0.561. The molecule has 26 heavy (non-hydrogen) atoms. The van der Waals surface area contributed by atoms with E-state index in [4.69, 9.17) is 0 Å². The zero-order chi connectivity index (χ0) is 18.9. The van der Waals surface area contributed by atoms with E-state index in [2.05, 4.69) is 47.6 Å². The van der Waals surface area contributed by atoms with Crippen molar-refractivity contribution in [1.82, 2.24) is 19.7 Å². The summed E-state index contributed by atoms with van der Waals surface area (Å²) in [7, 11) is 0. The van der Waals surface area contributed by atoms with Gasteiger partial charge in [-0.05, 0) is 49.6 Å². The van der Waals surface area contributed by atoms with Crippen LogP contribution in [0.4, 0.5) is 13.2 Å². The molecular formula is C19H21F3N4. The summed E-state index contributed by atoms with van der Waals surface area (Å²) in [4.78, 5) is 4.30. The molecule has 4 nitrogen and oxygen atoms in total. The predicted molar refractivity (Wildman–Crippen MR) is 94.5 cm³/mol. The van der Waals surface area contributed by atoms with Crippen molar-refractivity contribution < 1.29 is 13.2 Å². The van der Waals surface area contributed by atoms with Gasteiger partial charge in [-0.15, -0.1) is 0 Å². The van der Waals surface area contributed by atoms with Crippen LogP contribution in [0.3, 0.4) is 0 Å². The summed E-state index contributed by atoms with van der Waals surface area (Å²) < 4.78 is 40.3. The third-order valence-electron chi connectivity index (χ3n) is 4.21. The van der Waals surface area contributed by atoms with Crippen LogP contribution in [-0.2, 0) is 19.1 Å². The van der Waals surface area contributed by atoms with Crippen molar-refractivity contribution in [3.8, 4) is 22.6 Å². The minimum Gasteiger partial charge on any atom is -0.345 e. The summed E-state index contributed by atoms with van der Waals surface area (Å²) in [6, 6.07) is 8.72. The second-order valence-corrected chi connectivity index (χ2v) is 6.65. The molecule has 0 radical (unpaired) electrons. The molecule has 0 aliphatic heterocycles. The van der Waals surface area contributed by atoms with Crippen molar-refractivity contribution in [2.24, 2.45) is 5.92 Å². The van der Waals surface area contributed by atoms with Gasteiger partial charge in [0, 0.05) is 29.7 Å². The molecule has 0 saturated carbocycles. The van der Waals surface area contributed by atoms with Gasteiger partial charge in [0.2, 0.25) is 0 Å². The first kappa shape index (κ1) is 18.2. The quantitative estimate of drug-likeness (QED) is 0.680. The molecule has 1 N–H and O–H groups in total. The van der Waals surface area contributed by atoms with Crippen LogP contribution >= 0.6 is 0 Å². The van der Waals surface area contributed by atoms with Gasteiger partial charge >= 0.3 is 6.18 Å². The Morgan fingerprint density at radius 2 is 1.88 bits per heavy atom. The van der Waals surface area contributed by atoms with Crippen molar-refractivity contribution in [3.63, 3.8) is 0 Å². The van der Waals surface area contributed by atoms with Crippen molar-refractivity contribution in [2.75, 3.05) is 0 Å². The molecule has 7 heteroatoms. The number of nitrogens with one attached hydrogen (secondary N) is 1. The summed E-state index contributed by atoms with van der Waals surface area (Å²) in [5, 5.41) is 5.72. The van der Waals surface area contributed by atoms with E-state index in [0.29, 0.717) is 11.6 Å². The third-order valence-corrected chi connectivity index (χ3v) is 4.21. The van der Waals surface area contributed by atoms with Crippen LogP contribution in [0.2, 0.25) is 0 Å². The van der Waals surface area contributed by atoms with E-state index in [1.807, 2.05) is 11.2 Å². The van der Waals surface area contributed by atoms with Gasteiger partial charge in [0.25, 0.3) is 0 Å². The molecule has 0 atom stereocenters. The van der Waals surface area contributed by atoms with E-state index in [-0.39, 0.29) is 5.69 Å². The molecule has 0 aromatic carbocycles. The second-order valence-electron chi connectivity index (χ2n) is 6.65. The fourth-order valence-electron chi connectivity index (χ4n) is 3.03. The average Bonchev–Trinajstić information content (AvgIpc) is 3.21. The molecular weight excluding hydrogens is 341 g/mol. The highest BCUT2D eigenvalue weighted by Crippen LogP contribution is 2.30. The number of halogens is 3. The monoisotopic (exact) mass is 362 g/mol. The van der Waals surface area contributed by atoms with Gasteiger partial charge in [0.05, 0.1) is 5.69 Å². The van der Waals surface area contributed by atoms with Crippen molar-refractivity contribution in [1.29, 1.82) is 0 Å². The largest absolute Gasteiger partial charge is 0.432 e. The Morgan fingerprint density at radius 1 is 1.12 bits per heavy atom. The molecule has 0 saturated heterocycles. The topological polar surface area (TPSA) is 46.5 Å². The van der Waals surface area contributed by atoms with E-state index >= 15 is 0 Å². The minimum absolute atomic E-state index is 0.176. The molecule has 0 fully saturated rings. The number of hydrogen-bond acceptors (Lipinski definition) is 2. The summed E-state index contributed by atoms with van der Waals surface area (Å²) in [5.41, 5.74) is 2.95. The number of alkyl halides is 3. The minimum atomic E-state index is -4.44. The average molecular weight is 362 g/mol. The van der Waals surface area contributed by atoms with E-state index < -0.39 is 11.9 Å². The number of H-pyrrole nitrogens is 1. The molecule has 3 heterocycles. The highest BCUT2D eigenvalue weighted by Gasteiger charge is 2.33. The molecule has 0 spiro atoms. The van der Waals surface area contributed by atoms with Gasteiger partial charge in [0.15, 0.2) is 0 Å². The smallest absolute Gasteiger partial charge is 0.345 e. The van der Waals surface area contributed by atoms with E-state index in [1.165, 1.54) is 5.69 Å². The Hall–Kier alpha value is -2.57. The highest BCUT2D eigenvalue weighted by atomic mass is 19.4. The van der Waals surface area contributed by atoms with Gasteiger partial charge in [-0.1, -0.05) is 13.8 Å². The Balaban J connectivity index is 1.88. The van der Waals surface area contributed by atoms with Gasteiger partial charge in [-0.3, -0.25) is 10.1 Å². The van der Waals surface area contributed by atoms with Crippen molar-refractivity contribution in [3.05, 3.63) is 47.9 Å². The van der Waals surface area contributed by atoms with E-state index in [0.717, 1.165) is 30.3 Å². The van der Waals surface area contributed by atoms with Crippen LogP contribution in [0, 0.1) is 5.92 Å². The maximum Gasteiger partial charge on any atom is 0.432 e. The lowest BCUT2D eigenvalue weighted by Crippen LogP contribution is -2.05. The molecule has 0 unspecified atom stereocenters. The molecule has 138 valence electrons. The first-order valence-electron chi connectivity index (χ1n) is 8.57. The summed E-state index contributed by atoms with van der Waals surface area (Å²) in [6.45, 7) is 7.31. The molecule has 0 aliphatic carbocycles. The van der Waals surface area contributed by atoms with Crippen molar-refractivity contribution >= 4 is 0 Å². The molecule has 0 aliphatic rings. The Labute approximate surface area is 150 Å². The normalized spacial score (nSPS) is 12.1. The zero-order valence-corrected chi connectivity index (χ0v) is 14.9. The van der Waals surface area contributed by atoms with Crippen LogP contribution in [0.1, 0.15) is 32.2 Å². The highest BCUT2D eigenvalue weighted by molar-refractivity contribution is 5.64. The Kier molecular flexibility index (Phi) is 4.89. The lowest BCUT2D eigenvalue weighted by Gasteiger charge is -2.13. The van der Waals surface area contributed by atoms with Gasteiger partial charge < -0.3 is 4.57 Å². The van der Waals surface area contributed by atoms with Crippen LogP contribution in [-0.4, -0.2) is 19.7 Å². The van der Waals surface area contributed by atoms with Crippen LogP contribution < -0.4 is 0 Å². The van der Waals surface area contributed by atoms with Crippen molar-refractivity contribution in [2.45, 2.75) is 39.9 Å². The molecule has 3 aromatic heterocycles. The number of nitrogens with zero attached hydrogens (tertiary/aromatic N) is 3. The Bertz CT molecular complexity index is 873. The number of pyridine rings is 1. The number of aromatic nitrogens is 4.